The van der Waals surface area contributed by atoms with Gasteiger partial charge >= 0.3 is 0 Å². The van der Waals surface area contributed by atoms with Crippen LogP contribution in [-0.4, -0.2) is 4.57 Å². The third kappa shape index (κ3) is 2.88. The molecular formula is C13H14BrFN2. The molecule has 1 aromatic heterocycles. The monoisotopic (exact) mass is 296 g/mol. The van der Waals surface area contributed by atoms with Gasteiger partial charge in [0.05, 0.1) is 4.47 Å². The summed E-state index contributed by atoms with van der Waals surface area (Å²) in [6.07, 6.45) is 4.06. The van der Waals surface area contributed by atoms with E-state index in [0.717, 1.165) is 17.8 Å². The third-order valence-corrected chi connectivity index (χ3v) is 3.25. The van der Waals surface area contributed by atoms with Gasteiger partial charge in [0.2, 0.25) is 0 Å². The summed E-state index contributed by atoms with van der Waals surface area (Å²) in [5, 5.41) is 3.30. The van der Waals surface area contributed by atoms with E-state index < -0.39 is 0 Å². The molecule has 17 heavy (non-hydrogen) atoms. The maximum atomic E-state index is 13.2. The van der Waals surface area contributed by atoms with Gasteiger partial charge in [0.1, 0.15) is 5.82 Å². The number of hydrogen-bond donors (Lipinski definition) is 1. The van der Waals surface area contributed by atoms with Crippen LogP contribution in [0, 0.1) is 12.7 Å². The zero-order chi connectivity index (χ0) is 12.4. The van der Waals surface area contributed by atoms with Crippen LogP contribution < -0.4 is 5.32 Å². The number of nitrogens with one attached hydrogen (secondary N) is 1. The Morgan fingerprint density at radius 1 is 1.41 bits per heavy atom. The topological polar surface area (TPSA) is 17.0 Å². The first-order valence-electron chi connectivity index (χ1n) is 5.36. The molecule has 0 aliphatic carbocycles. The van der Waals surface area contributed by atoms with E-state index in [1.807, 2.05) is 24.7 Å². The summed E-state index contributed by atoms with van der Waals surface area (Å²) in [5.41, 5.74) is 3.05. The van der Waals surface area contributed by atoms with Gasteiger partial charge in [-0.2, -0.15) is 0 Å². The molecule has 0 fully saturated rings. The Bertz CT molecular complexity index is 534. The van der Waals surface area contributed by atoms with Crippen molar-refractivity contribution in [3.05, 3.63) is 52.0 Å². The molecule has 0 aliphatic heterocycles. The molecule has 2 aromatic rings. The van der Waals surface area contributed by atoms with Crippen molar-refractivity contribution in [3.8, 4) is 0 Å². The van der Waals surface area contributed by atoms with Crippen molar-refractivity contribution in [2.24, 2.45) is 7.05 Å². The summed E-state index contributed by atoms with van der Waals surface area (Å²) in [6, 6.07) is 5.35. The first kappa shape index (κ1) is 12.2. The van der Waals surface area contributed by atoms with E-state index in [1.54, 1.807) is 6.07 Å². The van der Waals surface area contributed by atoms with E-state index in [4.69, 9.17) is 0 Å². The van der Waals surface area contributed by atoms with Crippen LogP contribution in [0.25, 0.3) is 0 Å². The van der Waals surface area contributed by atoms with E-state index in [9.17, 15) is 4.39 Å². The lowest BCUT2D eigenvalue weighted by molar-refractivity contribution is 0.620. The molecule has 0 aliphatic rings. The number of benzene rings is 1. The van der Waals surface area contributed by atoms with Crippen molar-refractivity contribution >= 4 is 21.6 Å². The van der Waals surface area contributed by atoms with Crippen LogP contribution in [0.3, 0.4) is 0 Å². The van der Waals surface area contributed by atoms with Crippen LogP contribution in [0.4, 0.5) is 10.1 Å². The number of nitrogens with zero attached hydrogens (tertiary/aromatic N) is 1. The van der Waals surface area contributed by atoms with E-state index in [0.29, 0.717) is 4.47 Å². The molecule has 1 aromatic carbocycles. The average Bonchev–Trinajstić information content (AvgIpc) is 2.68. The smallest absolute Gasteiger partial charge is 0.137 e. The Morgan fingerprint density at radius 3 is 2.82 bits per heavy atom. The van der Waals surface area contributed by atoms with Crippen LogP contribution in [0.1, 0.15) is 11.1 Å². The molecule has 0 unspecified atom stereocenters. The molecule has 1 N–H and O–H groups in total. The summed E-state index contributed by atoms with van der Waals surface area (Å²) in [7, 11) is 1.99. The standard InChI is InChI=1S/C13H14BrFN2/c1-9-5-12(15)11(14)6-13(9)16-7-10-3-4-17(2)8-10/h3-6,8,16H,7H2,1-2H3. The first-order chi connectivity index (χ1) is 8.06. The van der Waals surface area contributed by atoms with Crippen LogP contribution >= 0.6 is 15.9 Å². The highest BCUT2D eigenvalue weighted by molar-refractivity contribution is 9.10. The highest BCUT2D eigenvalue weighted by Gasteiger charge is 2.05. The predicted molar refractivity (Wildman–Crippen MR) is 71.6 cm³/mol. The molecular weight excluding hydrogens is 283 g/mol. The number of aryl methyl sites for hydroxylation is 2. The minimum absolute atomic E-state index is 0.229. The highest BCUT2D eigenvalue weighted by Crippen LogP contribution is 2.24. The summed E-state index contributed by atoms with van der Waals surface area (Å²) in [6.45, 7) is 2.63. The van der Waals surface area contributed by atoms with Gasteiger partial charge in [0.15, 0.2) is 0 Å². The van der Waals surface area contributed by atoms with Crippen molar-refractivity contribution in [1.82, 2.24) is 4.57 Å². The van der Waals surface area contributed by atoms with Crippen LogP contribution in [-0.2, 0) is 13.6 Å². The molecule has 90 valence electrons. The third-order valence-electron chi connectivity index (χ3n) is 2.64. The van der Waals surface area contributed by atoms with Gasteiger partial charge in [-0.05, 0) is 52.2 Å². The van der Waals surface area contributed by atoms with Crippen LogP contribution in [0.2, 0.25) is 0 Å². The summed E-state index contributed by atoms with van der Waals surface area (Å²) in [4.78, 5) is 0. The van der Waals surface area contributed by atoms with Gasteiger partial charge in [-0.3, -0.25) is 0 Å². The molecule has 0 bridgehead atoms. The second kappa shape index (κ2) is 4.92. The lowest BCUT2D eigenvalue weighted by Gasteiger charge is -2.09. The van der Waals surface area contributed by atoms with Crippen LogP contribution in [0.15, 0.2) is 35.1 Å². The number of rotatable bonds is 3. The average molecular weight is 297 g/mol. The van der Waals surface area contributed by atoms with Crippen molar-refractivity contribution < 1.29 is 4.39 Å². The van der Waals surface area contributed by atoms with Crippen LogP contribution in [0.5, 0.6) is 0 Å². The Kier molecular flexibility index (Phi) is 3.52. The van der Waals surface area contributed by atoms with Gasteiger partial charge in [-0.1, -0.05) is 0 Å². The van der Waals surface area contributed by atoms with E-state index in [1.165, 1.54) is 11.6 Å². The largest absolute Gasteiger partial charge is 0.381 e. The Hall–Kier alpha value is -1.29. The van der Waals surface area contributed by atoms with Gasteiger partial charge in [0.25, 0.3) is 0 Å². The zero-order valence-electron chi connectivity index (χ0n) is 9.80. The molecule has 0 amide bonds. The van der Waals surface area contributed by atoms with Crippen molar-refractivity contribution in [2.45, 2.75) is 13.5 Å². The molecule has 4 heteroatoms. The predicted octanol–water partition coefficient (Wildman–Crippen LogP) is 3.85. The first-order valence-corrected chi connectivity index (χ1v) is 6.16. The fourth-order valence-corrected chi connectivity index (χ4v) is 2.04. The fourth-order valence-electron chi connectivity index (χ4n) is 1.70. The summed E-state index contributed by atoms with van der Waals surface area (Å²) >= 11 is 3.19. The Morgan fingerprint density at radius 2 is 2.18 bits per heavy atom. The molecule has 0 radical (unpaired) electrons. The zero-order valence-corrected chi connectivity index (χ0v) is 11.4. The quantitative estimate of drug-likeness (QED) is 0.910. The lowest BCUT2D eigenvalue weighted by atomic mass is 10.2. The van der Waals surface area contributed by atoms with E-state index in [2.05, 4.69) is 33.5 Å². The number of aromatic nitrogens is 1. The minimum Gasteiger partial charge on any atom is -0.381 e. The van der Waals surface area contributed by atoms with E-state index >= 15 is 0 Å². The summed E-state index contributed by atoms with van der Waals surface area (Å²) < 4.78 is 15.7. The van der Waals surface area contributed by atoms with Crippen molar-refractivity contribution in [1.29, 1.82) is 0 Å². The fraction of sp³-hybridized carbons (Fsp3) is 0.231. The van der Waals surface area contributed by atoms with Gasteiger partial charge < -0.3 is 9.88 Å². The van der Waals surface area contributed by atoms with Crippen molar-refractivity contribution in [3.63, 3.8) is 0 Å². The number of hydrogen-bond acceptors (Lipinski definition) is 1. The molecule has 0 spiro atoms. The second-order valence-corrected chi connectivity index (χ2v) is 4.97. The summed E-state index contributed by atoms with van der Waals surface area (Å²) in [5.74, 6) is -0.229. The Labute approximate surface area is 109 Å². The number of halogens is 2. The maximum Gasteiger partial charge on any atom is 0.137 e. The molecule has 2 nitrogen and oxygen atoms in total. The lowest BCUT2D eigenvalue weighted by Crippen LogP contribution is -2.01. The van der Waals surface area contributed by atoms with E-state index in [-0.39, 0.29) is 5.82 Å². The van der Waals surface area contributed by atoms with Gasteiger partial charge in [0, 0.05) is 31.7 Å². The minimum atomic E-state index is -0.229. The van der Waals surface area contributed by atoms with Gasteiger partial charge in [-0.15, -0.1) is 0 Å². The SMILES string of the molecule is Cc1cc(F)c(Br)cc1NCc1ccn(C)c1. The second-order valence-electron chi connectivity index (χ2n) is 4.12. The molecule has 1 heterocycles. The molecule has 0 atom stereocenters. The molecule has 2 rings (SSSR count). The number of anilines is 1. The normalized spacial score (nSPS) is 10.6. The highest BCUT2D eigenvalue weighted by atomic mass is 79.9. The van der Waals surface area contributed by atoms with Crippen molar-refractivity contribution in [2.75, 3.05) is 5.32 Å². The maximum absolute atomic E-state index is 13.2. The Balaban J connectivity index is 2.11. The van der Waals surface area contributed by atoms with Gasteiger partial charge in [-0.25, -0.2) is 4.39 Å². The molecule has 0 saturated heterocycles. The molecule has 0 saturated carbocycles.